The fourth-order valence-electron chi connectivity index (χ4n) is 1.58. The van der Waals surface area contributed by atoms with Gasteiger partial charge < -0.3 is 15.8 Å². The number of nitrogens with one attached hydrogen (secondary N) is 1. The Balaban J connectivity index is 2.66. The average molecular weight is 264 g/mol. The summed E-state index contributed by atoms with van der Waals surface area (Å²) in [7, 11) is 0. The van der Waals surface area contributed by atoms with Gasteiger partial charge in [-0.05, 0) is 44.0 Å². The van der Waals surface area contributed by atoms with Crippen LogP contribution in [0.1, 0.15) is 37.6 Å². The highest BCUT2D eigenvalue weighted by atomic mass is 16.5. The van der Waals surface area contributed by atoms with Crippen LogP contribution in [0.3, 0.4) is 0 Å². The second-order valence-corrected chi connectivity index (χ2v) is 4.85. The molecule has 0 bridgehead atoms. The van der Waals surface area contributed by atoms with E-state index in [4.69, 9.17) is 10.5 Å². The highest BCUT2D eigenvalue weighted by molar-refractivity contribution is 5.94. The van der Waals surface area contributed by atoms with Crippen LogP contribution < -0.4 is 15.8 Å². The topological polar surface area (TPSA) is 64.3 Å². The standard InChI is InChI=1S/C15H24N2O2/c1-4-8-19-14-7-5-6-13(9-14)15(18)17-12(3)11(2)10-16/h5-7,9,11-12H,4,8,10,16H2,1-3H3,(H,17,18). The molecule has 0 aliphatic rings. The molecule has 1 amide bonds. The van der Waals surface area contributed by atoms with Crippen LogP contribution in [0.5, 0.6) is 5.75 Å². The molecule has 0 saturated carbocycles. The number of benzene rings is 1. The Morgan fingerprint density at radius 1 is 1.42 bits per heavy atom. The Bertz CT molecular complexity index is 407. The SMILES string of the molecule is CCCOc1cccc(C(=O)NC(C)C(C)CN)c1. The smallest absolute Gasteiger partial charge is 0.251 e. The van der Waals surface area contributed by atoms with Gasteiger partial charge in [0.25, 0.3) is 5.91 Å². The van der Waals surface area contributed by atoms with Gasteiger partial charge in [-0.25, -0.2) is 0 Å². The van der Waals surface area contributed by atoms with Gasteiger partial charge in [0.15, 0.2) is 0 Å². The van der Waals surface area contributed by atoms with Crippen molar-refractivity contribution in [3.63, 3.8) is 0 Å². The van der Waals surface area contributed by atoms with Crippen LogP contribution in [0.25, 0.3) is 0 Å². The molecule has 3 N–H and O–H groups in total. The molecule has 1 aromatic carbocycles. The summed E-state index contributed by atoms with van der Waals surface area (Å²) in [6.07, 6.45) is 0.946. The van der Waals surface area contributed by atoms with Crippen LogP contribution in [0.15, 0.2) is 24.3 Å². The predicted octanol–water partition coefficient (Wildman–Crippen LogP) is 2.19. The Hall–Kier alpha value is -1.55. The fourth-order valence-corrected chi connectivity index (χ4v) is 1.58. The van der Waals surface area contributed by atoms with Crippen LogP contribution in [-0.4, -0.2) is 25.1 Å². The lowest BCUT2D eigenvalue weighted by Gasteiger charge is -2.19. The van der Waals surface area contributed by atoms with Crippen molar-refractivity contribution in [3.8, 4) is 5.75 Å². The number of ether oxygens (including phenoxy) is 1. The largest absolute Gasteiger partial charge is 0.494 e. The first-order valence-electron chi connectivity index (χ1n) is 6.82. The second kappa shape index (κ2) is 7.79. The molecule has 0 aromatic heterocycles. The summed E-state index contributed by atoms with van der Waals surface area (Å²) in [6.45, 7) is 7.25. The van der Waals surface area contributed by atoms with Crippen molar-refractivity contribution >= 4 is 5.91 Å². The lowest BCUT2D eigenvalue weighted by molar-refractivity contribution is 0.0929. The van der Waals surface area contributed by atoms with E-state index < -0.39 is 0 Å². The summed E-state index contributed by atoms with van der Waals surface area (Å²) in [5, 5.41) is 2.96. The summed E-state index contributed by atoms with van der Waals surface area (Å²) >= 11 is 0. The van der Waals surface area contributed by atoms with E-state index in [1.54, 1.807) is 12.1 Å². The molecule has 0 radical (unpaired) electrons. The summed E-state index contributed by atoms with van der Waals surface area (Å²) in [6, 6.07) is 7.30. The minimum Gasteiger partial charge on any atom is -0.494 e. The summed E-state index contributed by atoms with van der Waals surface area (Å²) in [4.78, 5) is 12.1. The van der Waals surface area contributed by atoms with Gasteiger partial charge in [-0.1, -0.05) is 19.9 Å². The van der Waals surface area contributed by atoms with Crippen LogP contribution in [0, 0.1) is 5.92 Å². The van der Waals surface area contributed by atoms with Gasteiger partial charge >= 0.3 is 0 Å². The number of nitrogens with two attached hydrogens (primary N) is 1. The van der Waals surface area contributed by atoms with Gasteiger partial charge in [-0.15, -0.1) is 0 Å². The molecular weight excluding hydrogens is 240 g/mol. The maximum Gasteiger partial charge on any atom is 0.251 e. The number of hydrogen-bond acceptors (Lipinski definition) is 3. The molecule has 0 heterocycles. The maximum absolute atomic E-state index is 12.1. The zero-order chi connectivity index (χ0) is 14.3. The van der Waals surface area contributed by atoms with E-state index >= 15 is 0 Å². The van der Waals surface area contributed by atoms with E-state index in [-0.39, 0.29) is 17.9 Å². The first-order valence-corrected chi connectivity index (χ1v) is 6.82. The Labute approximate surface area is 115 Å². The number of carbonyl (C=O) groups is 1. The normalized spacial score (nSPS) is 13.7. The average Bonchev–Trinajstić information content (AvgIpc) is 2.44. The molecule has 0 spiro atoms. The monoisotopic (exact) mass is 264 g/mol. The Morgan fingerprint density at radius 3 is 2.79 bits per heavy atom. The molecule has 2 atom stereocenters. The van der Waals surface area contributed by atoms with E-state index in [2.05, 4.69) is 5.32 Å². The predicted molar refractivity (Wildman–Crippen MR) is 77.4 cm³/mol. The van der Waals surface area contributed by atoms with Gasteiger partial charge in [0.2, 0.25) is 0 Å². The van der Waals surface area contributed by atoms with Crippen LogP contribution in [0.2, 0.25) is 0 Å². The van der Waals surface area contributed by atoms with Gasteiger partial charge in [0, 0.05) is 11.6 Å². The Morgan fingerprint density at radius 2 is 2.16 bits per heavy atom. The van der Waals surface area contributed by atoms with Crippen molar-refractivity contribution < 1.29 is 9.53 Å². The quantitative estimate of drug-likeness (QED) is 0.793. The van der Waals surface area contributed by atoms with Crippen LogP contribution in [0.4, 0.5) is 0 Å². The second-order valence-electron chi connectivity index (χ2n) is 4.85. The molecule has 1 aromatic rings. The van der Waals surface area contributed by atoms with Crippen molar-refractivity contribution in [2.45, 2.75) is 33.2 Å². The molecule has 0 aliphatic heterocycles. The van der Waals surface area contributed by atoms with Crippen molar-refractivity contribution in [1.82, 2.24) is 5.32 Å². The highest BCUT2D eigenvalue weighted by Crippen LogP contribution is 2.14. The highest BCUT2D eigenvalue weighted by Gasteiger charge is 2.14. The van der Waals surface area contributed by atoms with E-state index in [1.165, 1.54) is 0 Å². The van der Waals surface area contributed by atoms with Crippen molar-refractivity contribution in [1.29, 1.82) is 0 Å². The van der Waals surface area contributed by atoms with Gasteiger partial charge in [0.1, 0.15) is 5.75 Å². The molecule has 106 valence electrons. The molecule has 19 heavy (non-hydrogen) atoms. The molecule has 1 rings (SSSR count). The van der Waals surface area contributed by atoms with Crippen LogP contribution in [-0.2, 0) is 0 Å². The van der Waals surface area contributed by atoms with E-state index in [0.29, 0.717) is 18.7 Å². The van der Waals surface area contributed by atoms with E-state index in [9.17, 15) is 4.79 Å². The summed E-state index contributed by atoms with van der Waals surface area (Å²) in [5.74, 6) is 0.896. The molecule has 0 aliphatic carbocycles. The first kappa shape index (κ1) is 15.5. The zero-order valence-corrected chi connectivity index (χ0v) is 12.0. The number of hydrogen-bond donors (Lipinski definition) is 2. The third kappa shape index (κ3) is 4.91. The fraction of sp³-hybridized carbons (Fsp3) is 0.533. The number of rotatable bonds is 7. The summed E-state index contributed by atoms with van der Waals surface area (Å²) in [5.41, 5.74) is 6.21. The molecular formula is C15H24N2O2. The first-order chi connectivity index (χ1) is 9.08. The minimum atomic E-state index is -0.0882. The Kier molecular flexibility index (Phi) is 6.36. The van der Waals surface area contributed by atoms with Crippen molar-refractivity contribution in [2.75, 3.05) is 13.2 Å². The van der Waals surface area contributed by atoms with Crippen molar-refractivity contribution in [3.05, 3.63) is 29.8 Å². The molecule has 4 nitrogen and oxygen atoms in total. The maximum atomic E-state index is 12.1. The summed E-state index contributed by atoms with van der Waals surface area (Å²) < 4.78 is 5.52. The number of carbonyl (C=O) groups excluding carboxylic acids is 1. The van der Waals surface area contributed by atoms with Gasteiger partial charge in [-0.2, -0.15) is 0 Å². The zero-order valence-electron chi connectivity index (χ0n) is 12.0. The molecule has 2 unspecified atom stereocenters. The lowest BCUT2D eigenvalue weighted by atomic mass is 10.0. The molecule has 0 saturated heterocycles. The molecule has 0 fully saturated rings. The number of amides is 1. The van der Waals surface area contributed by atoms with Gasteiger partial charge in [-0.3, -0.25) is 4.79 Å². The van der Waals surface area contributed by atoms with Gasteiger partial charge in [0.05, 0.1) is 6.61 Å². The molecule has 4 heteroatoms. The third-order valence-corrected chi connectivity index (χ3v) is 3.15. The minimum absolute atomic E-state index is 0.0534. The van der Waals surface area contributed by atoms with Crippen molar-refractivity contribution in [2.24, 2.45) is 11.7 Å². The van der Waals surface area contributed by atoms with Crippen LogP contribution >= 0.6 is 0 Å². The third-order valence-electron chi connectivity index (χ3n) is 3.15. The van der Waals surface area contributed by atoms with E-state index in [1.807, 2.05) is 32.9 Å². The van der Waals surface area contributed by atoms with E-state index in [0.717, 1.165) is 12.2 Å². The lowest BCUT2D eigenvalue weighted by Crippen LogP contribution is -2.39.